The smallest absolute Gasteiger partial charge is 0.251 e. The van der Waals surface area contributed by atoms with Crippen molar-refractivity contribution in [3.05, 3.63) is 29.6 Å². The van der Waals surface area contributed by atoms with Crippen molar-refractivity contribution in [1.29, 1.82) is 0 Å². The second-order valence-corrected chi connectivity index (χ2v) is 2.10. The van der Waals surface area contributed by atoms with Crippen LogP contribution in [0.25, 0.3) is 0 Å². The van der Waals surface area contributed by atoms with E-state index in [4.69, 9.17) is 11.5 Å². The minimum atomic E-state index is -0.810. The molecule has 0 aliphatic carbocycles. The summed E-state index contributed by atoms with van der Waals surface area (Å²) < 4.78 is 12.7. The number of amides is 1. The molecule has 0 saturated carbocycles. The average molecular weight is 227 g/mol. The molecule has 0 aliphatic rings. The van der Waals surface area contributed by atoms with E-state index in [0.717, 1.165) is 6.07 Å². The topological polar surface area (TPSA) is 69.1 Å². The highest BCUT2D eigenvalue weighted by atomic mass is 35.5. The molecule has 0 saturated heterocycles. The molecule has 0 radical (unpaired) electrons. The fourth-order valence-corrected chi connectivity index (χ4v) is 0.732. The van der Waals surface area contributed by atoms with Gasteiger partial charge in [-0.2, -0.15) is 0 Å². The molecule has 0 aromatic heterocycles. The van der Waals surface area contributed by atoms with Crippen molar-refractivity contribution >= 4 is 36.4 Å². The maximum Gasteiger partial charge on any atom is 0.251 e. The highest BCUT2D eigenvalue weighted by Crippen LogP contribution is 2.10. The zero-order valence-corrected chi connectivity index (χ0v) is 8.12. The van der Waals surface area contributed by atoms with E-state index in [0.29, 0.717) is 5.69 Å². The van der Waals surface area contributed by atoms with Crippen LogP contribution >= 0.6 is 24.8 Å². The van der Waals surface area contributed by atoms with Crippen LogP contribution in [0.2, 0.25) is 0 Å². The van der Waals surface area contributed by atoms with E-state index in [2.05, 4.69) is 0 Å². The van der Waals surface area contributed by atoms with Gasteiger partial charge in [-0.05, 0) is 18.2 Å². The van der Waals surface area contributed by atoms with Crippen LogP contribution in [0.4, 0.5) is 10.1 Å². The molecule has 1 aromatic carbocycles. The quantitative estimate of drug-likeness (QED) is 0.711. The molecular formula is C7H9Cl2FN2O. The van der Waals surface area contributed by atoms with E-state index in [1.807, 2.05) is 0 Å². The highest BCUT2D eigenvalue weighted by molar-refractivity contribution is 5.93. The van der Waals surface area contributed by atoms with E-state index < -0.39 is 11.7 Å². The minimum Gasteiger partial charge on any atom is -0.399 e. The number of carbonyl (C=O) groups is 1. The molecule has 3 nitrogen and oxygen atoms in total. The molecule has 0 bridgehead atoms. The summed E-state index contributed by atoms with van der Waals surface area (Å²) in [6.45, 7) is 0. The fraction of sp³-hybridized carbons (Fsp3) is 0. The molecule has 0 atom stereocenters. The molecular weight excluding hydrogens is 218 g/mol. The molecule has 0 aliphatic heterocycles. The number of nitrogen functional groups attached to an aromatic ring is 1. The number of nitrogens with two attached hydrogens (primary N) is 2. The Hall–Kier alpha value is -1.00. The first-order valence-corrected chi connectivity index (χ1v) is 2.96. The van der Waals surface area contributed by atoms with Gasteiger partial charge in [-0.3, -0.25) is 4.79 Å². The molecule has 0 spiro atoms. The Morgan fingerprint density at radius 2 is 1.85 bits per heavy atom. The zero-order valence-electron chi connectivity index (χ0n) is 6.49. The standard InChI is InChI=1S/C7H7FN2O.2ClH/c8-6-2-1-4(9)3-5(6)7(10)11;;/h1-3H,9H2,(H2,10,11);2*1H. The van der Waals surface area contributed by atoms with E-state index in [-0.39, 0.29) is 30.4 Å². The average Bonchev–Trinajstić information content (AvgIpc) is 1.94. The van der Waals surface area contributed by atoms with Crippen molar-refractivity contribution in [2.45, 2.75) is 0 Å². The molecule has 1 amide bonds. The number of hydrogen-bond acceptors (Lipinski definition) is 2. The molecule has 1 aromatic rings. The zero-order chi connectivity index (χ0) is 8.43. The SMILES string of the molecule is Cl.Cl.NC(=O)c1cc(N)ccc1F. The monoisotopic (exact) mass is 226 g/mol. The second-order valence-electron chi connectivity index (χ2n) is 2.10. The van der Waals surface area contributed by atoms with Gasteiger partial charge in [-0.1, -0.05) is 0 Å². The van der Waals surface area contributed by atoms with Crippen LogP contribution in [0.1, 0.15) is 10.4 Å². The van der Waals surface area contributed by atoms with Crippen LogP contribution in [0.15, 0.2) is 18.2 Å². The van der Waals surface area contributed by atoms with Crippen molar-refractivity contribution in [1.82, 2.24) is 0 Å². The first-order chi connectivity index (χ1) is 5.11. The molecule has 74 valence electrons. The lowest BCUT2D eigenvalue weighted by Crippen LogP contribution is -2.13. The van der Waals surface area contributed by atoms with Gasteiger partial charge >= 0.3 is 0 Å². The summed E-state index contributed by atoms with van der Waals surface area (Å²) in [6.07, 6.45) is 0. The molecule has 1 rings (SSSR count). The van der Waals surface area contributed by atoms with Crippen molar-refractivity contribution in [3.63, 3.8) is 0 Å². The molecule has 6 heteroatoms. The Morgan fingerprint density at radius 3 is 2.23 bits per heavy atom. The first-order valence-electron chi connectivity index (χ1n) is 2.96. The van der Waals surface area contributed by atoms with E-state index in [1.165, 1.54) is 12.1 Å². The van der Waals surface area contributed by atoms with Crippen molar-refractivity contribution in [2.24, 2.45) is 5.73 Å². The third-order valence-corrected chi connectivity index (χ3v) is 1.26. The van der Waals surface area contributed by atoms with Crippen LogP contribution in [0, 0.1) is 5.82 Å². The van der Waals surface area contributed by atoms with Gasteiger partial charge in [-0.25, -0.2) is 4.39 Å². The van der Waals surface area contributed by atoms with Crippen molar-refractivity contribution in [2.75, 3.05) is 5.73 Å². The predicted molar refractivity (Wildman–Crippen MR) is 53.8 cm³/mol. The molecule has 13 heavy (non-hydrogen) atoms. The number of carbonyl (C=O) groups excluding carboxylic acids is 1. The van der Waals surface area contributed by atoms with E-state index in [1.54, 1.807) is 0 Å². The number of rotatable bonds is 1. The number of halogens is 3. The van der Waals surface area contributed by atoms with Gasteiger partial charge < -0.3 is 11.5 Å². The predicted octanol–water partition coefficient (Wildman–Crippen LogP) is 1.35. The lowest BCUT2D eigenvalue weighted by Gasteiger charge is -1.98. The van der Waals surface area contributed by atoms with Gasteiger partial charge in [0.05, 0.1) is 5.56 Å². The number of anilines is 1. The van der Waals surface area contributed by atoms with Crippen molar-refractivity contribution in [3.8, 4) is 0 Å². The summed E-state index contributed by atoms with van der Waals surface area (Å²) in [5.74, 6) is -1.46. The first kappa shape index (κ1) is 14.5. The number of hydrogen-bond donors (Lipinski definition) is 2. The third kappa shape index (κ3) is 3.48. The molecule has 0 unspecified atom stereocenters. The van der Waals surface area contributed by atoms with E-state index >= 15 is 0 Å². The second kappa shape index (κ2) is 5.61. The largest absolute Gasteiger partial charge is 0.399 e. The van der Waals surface area contributed by atoms with Crippen molar-refractivity contribution < 1.29 is 9.18 Å². The van der Waals surface area contributed by atoms with Gasteiger partial charge in [0.2, 0.25) is 0 Å². The fourth-order valence-electron chi connectivity index (χ4n) is 0.732. The Kier molecular flexibility index (Phi) is 6.27. The van der Waals surface area contributed by atoms with Gasteiger partial charge in [0, 0.05) is 5.69 Å². The Labute approximate surface area is 87.1 Å². The number of benzene rings is 1. The summed E-state index contributed by atoms with van der Waals surface area (Å²) in [4.78, 5) is 10.5. The van der Waals surface area contributed by atoms with Gasteiger partial charge in [-0.15, -0.1) is 24.8 Å². The lowest BCUT2D eigenvalue weighted by atomic mass is 10.2. The molecule has 0 fully saturated rings. The summed E-state index contributed by atoms with van der Waals surface area (Å²) in [5, 5.41) is 0. The Balaban J connectivity index is 0. The summed E-state index contributed by atoms with van der Waals surface area (Å²) in [6, 6.07) is 3.68. The maximum absolute atomic E-state index is 12.7. The third-order valence-electron chi connectivity index (χ3n) is 1.26. The summed E-state index contributed by atoms with van der Waals surface area (Å²) in [5.41, 5.74) is 10.3. The van der Waals surface area contributed by atoms with Crippen LogP contribution < -0.4 is 11.5 Å². The van der Waals surface area contributed by atoms with Gasteiger partial charge in [0.15, 0.2) is 0 Å². The van der Waals surface area contributed by atoms with Crippen LogP contribution in [0.3, 0.4) is 0 Å². The highest BCUT2D eigenvalue weighted by Gasteiger charge is 2.06. The Bertz CT molecular complexity index is 307. The van der Waals surface area contributed by atoms with Crippen LogP contribution in [-0.2, 0) is 0 Å². The van der Waals surface area contributed by atoms with Gasteiger partial charge in [0.1, 0.15) is 5.82 Å². The van der Waals surface area contributed by atoms with E-state index in [9.17, 15) is 9.18 Å². The minimum absolute atomic E-state index is 0. The summed E-state index contributed by atoms with van der Waals surface area (Å²) in [7, 11) is 0. The normalized spacial score (nSPS) is 8.08. The van der Waals surface area contributed by atoms with Crippen LogP contribution in [0.5, 0.6) is 0 Å². The lowest BCUT2D eigenvalue weighted by molar-refractivity contribution is 0.0996. The summed E-state index contributed by atoms with van der Waals surface area (Å²) >= 11 is 0. The Morgan fingerprint density at radius 1 is 1.31 bits per heavy atom. The van der Waals surface area contributed by atoms with Crippen LogP contribution in [-0.4, -0.2) is 5.91 Å². The molecule has 0 heterocycles. The maximum atomic E-state index is 12.7. The number of primary amides is 1. The van der Waals surface area contributed by atoms with Gasteiger partial charge in [0.25, 0.3) is 5.91 Å². The molecule has 4 N–H and O–H groups in total.